The molecular weight excluding hydrogens is 248 g/mol. The molecule has 0 aliphatic rings. The van der Waals surface area contributed by atoms with Gasteiger partial charge in [-0.1, -0.05) is 44.2 Å². The maximum absolute atomic E-state index is 5.59. The van der Waals surface area contributed by atoms with Crippen molar-refractivity contribution in [2.24, 2.45) is 5.92 Å². The van der Waals surface area contributed by atoms with Gasteiger partial charge in [-0.3, -0.25) is 0 Å². The SMILES string of the molecule is CC(C)C(CNCCOCCN(C)C)c1ccccc1. The highest BCUT2D eigenvalue weighted by molar-refractivity contribution is 5.20. The number of hydrogen-bond acceptors (Lipinski definition) is 3. The van der Waals surface area contributed by atoms with Crippen molar-refractivity contribution >= 4 is 0 Å². The molecule has 1 atom stereocenters. The minimum absolute atomic E-state index is 0.568. The predicted molar refractivity (Wildman–Crippen MR) is 86.3 cm³/mol. The lowest BCUT2D eigenvalue weighted by Gasteiger charge is -2.22. The summed E-state index contributed by atoms with van der Waals surface area (Å²) in [5.74, 6) is 1.21. The van der Waals surface area contributed by atoms with Gasteiger partial charge in [-0.15, -0.1) is 0 Å². The van der Waals surface area contributed by atoms with Gasteiger partial charge in [-0.05, 0) is 31.5 Å². The Morgan fingerprint density at radius 2 is 1.80 bits per heavy atom. The minimum atomic E-state index is 0.568. The van der Waals surface area contributed by atoms with E-state index in [2.05, 4.69) is 68.5 Å². The van der Waals surface area contributed by atoms with E-state index in [1.807, 2.05) is 0 Å². The molecule has 0 aliphatic carbocycles. The Balaban J connectivity index is 2.21. The molecule has 0 spiro atoms. The van der Waals surface area contributed by atoms with E-state index in [9.17, 15) is 0 Å². The lowest BCUT2D eigenvalue weighted by Crippen LogP contribution is -2.28. The molecule has 1 aromatic rings. The third-order valence-corrected chi connectivity index (χ3v) is 3.50. The number of rotatable bonds is 10. The maximum Gasteiger partial charge on any atom is 0.0593 e. The van der Waals surface area contributed by atoms with Crippen molar-refractivity contribution in [2.45, 2.75) is 19.8 Å². The van der Waals surface area contributed by atoms with Gasteiger partial charge in [0.15, 0.2) is 0 Å². The quantitative estimate of drug-likeness (QED) is 0.666. The minimum Gasteiger partial charge on any atom is -0.379 e. The Morgan fingerprint density at radius 1 is 1.10 bits per heavy atom. The van der Waals surface area contributed by atoms with Crippen molar-refractivity contribution in [3.05, 3.63) is 35.9 Å². The topological polar surface area (TPSA) is 24.5 Å². The highest BCUT2D eigenvalue weighted by Crippen LogP contribution is 2.23. The van der Waals surface area contributed by atoms with Crippen LogP contribution >= 0.6 is 0 Å². The van der Waals surface area contributed by atoms with Gasteiger partial charge >= 0.3 is 0 Å². The average molecular weight is 278 g/mol. The van der Waals surface area contributed by atoms with E-state index in [0.717, 1.165) is 32.8 Å². The number of hydrogen-bond donors (Lipinski definition) is 1. The van der Waals surface area contributed by atoms with Crippen LogP contribution in [-0.4, -0.2) is 51.8 Å². The second kappa shape index (κ2) is 9.92. The van der Waals surface area contributed by atoms with Crippen LogP contribution in [0.2, 0.25) is 0 Å². The van der Waals surface area contributed by atoms with Gasteiger partial charge in [0.05, 0.1) is 13.2 Å². The molecular formula is C17H30N2O. The summed E-state index contributed by atoms with van der Waals surface area (Å²) in [6, 6.07) is 10.8. The molecule has 20 heavy (non-hydrogen) atoms. The fourth-order valence-corrected chi connectivity index (χ4v) is 2.19. The molecule has 0 amide bonds. The summed E-state index contributed by atoms with van der Waals surface area (Å²) in [6.45, 7) is 9.08. The molecule has 0 heterocycles. The second-order valence-electron chi connectivity index (χ2n) is 5.88. The van der Waals surface area contributed by atoms with Crippen LogP contribution in [0, 0.1) is 5.92 Å². The molecule has 1 rings (SSSR count). The van der Waals surface area contributed by atoms with Crippen molar-refractivity contribution in [3.8, 4) is 0 Å². The zero-order valence-corrected chi connectivity index (χ0v) is 13.4. The van der Waals surface area contributed by atoms with Gasteiger partial charge in [-0.25, -0.2) is 0 Å². The lowest BCUT2D eigenvalue weighted by atomic mass is 9.88. The molecule has 0 aromatic heterocycles. The van der Waals surface area contributed by atoms with E-state index >= 15 is 0 Å². The Bertz CT molecular complexity index is 338. The lowest BCUT2D eigenvalue weighted by molar-refractivity contribution is 0.119. The number of likely N-dealkylation sites (N-methyl/N-ethyl adjacent to an activating group) is 1. The van der Waals surface area contributed by atoms with E-state index in [1.54, 1.807) is 0 Å². The van der Waals surface area contributed by atoms with Crippen LogP contribution in [0.5, 0.6) is 0 Å². The first-order chi connectivity index (χ1) is 9.61. The highest BCUT2D eigenvalue weighted by Gasteiger charge is 2.14. The van der Waals surface area contributed by atoms with Crippen LogP contribution in [-0.2, 0) is 4.74 Å². The predicted octanol–water partition coefficient (Wildman–Crippen LogP) is 2.59. The van der Waals surface area contributed by atoms with Crippen LogP contribution in [0.15, 0.2) is 30.3 Å². The van der Waals surface area contributed by atoms with Gasteiger partial charge < -0.3 is 15.0 Å². The van der Waals surface area contributed by atoms with Gasteiger partial charge in [0, 0.05) is 19.6 Å². The monoisotopic (exact) mass is 278 g/mol. The summed E-state index contributed by atoms with van der Waals surface area (Å²) in [5.41, 5.74) is 1.42. The summed E-state index contributed by atoms with van der Waals surface area (Å²) in [5, 5.41) is 3.51. The van der Waals surface area contributed by atoms with E-state index in [0.29, 0.717) is 11.8 Å². The van der Waals surface area contributed by atoms with Gasteiger partial charge in [-0.2, -0.15) is 0 Å². The summed E-state index contributed by atoms with van der Waals surface area (Å²) < 4.78 is 5.59. The molecule has 114 valence electrons. The third-order valence-electron chi connectivity index (χ3n) is 3.50. The van der Waals surface area contributed by atoms with E-state index in [-0.39, 0.29) is 0 Å². The molecule has 0 saturated heterocycles. The zero-order valence-electron chi connectivity index (χ0n) is 13.4. The molecule has 0 fully saturated rings. The van der Waals surface area contributed by atoms with Crippen molar-refractivity contribution in [2.75, 3.05) is 46.9 Å². The normalized spacial score (nSPS) is 13.1. The average Bonchev–Trinajstić information content (AvgIpc) is 2.42. The molecule has 3 heteroatoms. The third kappa shape index (κ3) is 7.04. The first kappa shape index (κ1) is 17.2. The second-order valence-corrected chi connectivity index (χ2v) is 5.88. The Morgan fingerprint density at radius 3 is 2.40 bits per heavy atom. The Hall–Kier alpha value is -0.900. The van der Waals surface area contributed by atoms with Crippen LogP contribution in [0.1, 0.15) is 25.3 Å². The molecule has 0 radical (unpaired) electrons. The molecule has 0 bridgehead atoms. The van der Waals surface area contributed by atoms with Crippen molar-refractivity contribution in [1.29, 1.82) is 0 Å². The summed E-state index contributed by atoms with van der Waals surface area (Å²) >= 11 is 0. The summed E-state index contributed by atoms with van der Waals surface area (Å²) in [7, 11) is 4.13. The van der Waals surface area contributed by atoms with Crippen LogP contribution < -0.4 is 5.32 Å². The maximum atomic E-state index is 5.59. The molecule has 3 nitrogen and oxygen atoms in total. The smallest absolute Gasteiger partial charge is 0.0593 e. The van der Waals surface area contributed by atoms with Crippen LogP contribution in [0.3, 0.4) is 0 Å². The van der Waals surface area contributed by atoms with Crippen LogP contribution in [0.4, 0.5) is 0 Å². The van der Waals surface area contributed by atoms with E-state index < -0.39 is 0 Å². The molecule has 0 aliphatic heterocycles. The number of nitrogens with one attached hydrogen (secondary N) is 1. The van der Waals surface area contributed by atoms with Crippen molar-refractivity contribution in [3.63, 3.8) is 0 Å². The number of nitrogens with zero attached hydrogens (tertiary/aromatic N) is 1. The molecule has 1 unspecified atom stereocenters. The zero-order chi connectivity index (χ0) is 14.8. The van der Waals surface area contributed by atoms with Crippen LogP contribution in [0.25, 0.3) is 0 Å². The van der Waals surface area contributed by atoms with E-state index in [1.165, 1.54) is 5.56 Å². The highest BCUT2D eigenvalue weighted by atomic mass is 16.5. The van der Waals surface area contributed by atoms with E-state index in [4.69, 9.17) is 4.74 Å². The molecule has 1 aromatic carbocycles. The van der Waals surface area contributed by atoms with Crippen molar-refractivity contribution < 1.29 is 4.74 Å². The van der Waals surface area contributed by atoms with Gasteiger partial charge in [0.2, 0.25) is 0 Å². The summed E-state index contributed by atoms with van der Waals surface area (Å²) in [4.78, 5) is 2.14. The molecule has 0 saturated carbocycles. The van der Waals surface area contributed by atoms with Crippen molar-refractivity contribution in [1.82, 2.24) is 10.2 Å². The first-order valence-electron chi connectivity index (χ1n) is 7.59. The molecule has 1 N–H and O–H groups in total. The number of benzene rings is 1. The summed E-state index contributed by atoms with van der Waals surface area (Å²) in [6.07, 6.45) is 0. The largest absolute Gasteiger partial charge is 0.379 e. The van der Waals surface area contributed by atoms with Gasteiger partial charge in [0.25, 0.3) is 0 Å². The standard InChI is InChI=1S/C17H30N2O/c1-15(2)17(16-8-6-5-7-9-16)14-18-10-12-20-13-11-19(3)4/h5-9,15,17-18H,10-14H2,1-4H3. The Kier molecular flexibility index (Phi) is 8.51. The van der Waals surface area contributed by atoms with Gasteiger partial charge in [0.1, 0.15) is 0 Å². The number of ether oxygens (including phenoxy) is 1. The fraction of sp³-hybridized carbons (Fsp3) is 0.647. The fourth-order valence-electron chi connectivity index (χ4n) is 2.19. The Labute approximate surface area is 124 Å². The first-order valence-corrected chi connectivity index (χ1v) is 7.59.